The van der Waals surface area contributed by atoms with E-state index in [1.807, 2.05) is 29.8 Å². The monoisotopic (exact) mass is 307 g/mol. The van der Waals surface area contributed by atoms with Gasteiger partial charge in [-0.2, -0.15) is 0 Å². The number of amides is 1. The van der Waals surface area contributed by atoms with E-state index >= 15 is 0 Å². The third-order valence-electron chi connectivity index (χ3n) is 3.73. The SMILES string of the molecule is CC(=O)c1ccc(NC(=O)Cc2ccc3c(c2)ncn3C)cc1. The van der Waals surface area contributed by atoms with Crippen molar-refractivity contribution in [3.8, 4) is 0 Å². The van der Waals surface area contributed by atoms with Crippen LogP contribution in [-0.2, 0) is 18.3 Å². The van der Waals surface area contributed by atoms with Crippen molar-refractivity contribution in [3.63, 3.8) is 0 Å². The number of carbonyl (C=O) groups is 2. The predicted octanol–water partition coefficient (Wildman–Crippen LogP) is 2.96. The minimum atomic E-state index is -0.101. The van der Waals surface area contributed by atoms with Gasteiger partial charge in [-0.1, -0.05) is 6.07 Å². The fourth-order valence-electron chi connectivity index (χ4n) is 2.47. The number of nitrogens with one attached hydrogen (secondary N) is 1. The minimum absolute atomic E-state index is 0.00606. The van der Waals surface area contributed by atoms with Gasteiger partial charge in [0.25, 0.3) is 0 Å². The molecular formula is C18H17N3O2. The first-order valence-electron chi connectivity index (χ1n) is 7.34. The number of hydrogen-bond donors (Lipinski definition) is 1. The lowest BCUT2D eigenvalue weighted by molar-refractivity contribution is -0.115. The molecule has 0 aliphatic heterocycles. The number of Topliss-reactive ketones (excluding diaryl/α,β-unsaturated/α-hetero) is 1. The first-order valence-corrected chi connectivity index (χ1v) is 7.34. The van der Waals surface area contributed by atoms with Crippen LogP contribution in [0.1, 0.15) is 22.8 Å². The number of aryl methyl sites for hydroxylation is 1. The fourth-order valence-corrected chi connectivity index (χ4v) is 2.47. The summed E-state index contributed by atoms with van der Waals surface area (Å²) >= 11 is 0. The molecule has 0 bridgehead atoms. The molecule has 1 aromatic heterocycles. The highest BCUT2D eigenvalue weighted by Crippen LogP contribution is 2.15. The first-order chi connectivity index (χ1) is 11.0. The summed E-state index contributed by atoms with van der Waals surface area (Å²) in [6.45, 7) is 1.52. The second-order valence-electron chi connectivity index (χ2n) is 5.54. The molecule has 0 spiro atoms. The topological polar surface area (TPSA) is 64.0 Å². The molecule has 0 radical (unpaired) electrons. The van der Waals surface area contributed by atoms with Gasteiger partial charge in [-0.05, 0) is 48.9 Å². The van der Waals surface area contributed by atoms with Crippen LogP contribution in [0.2, 0.25) is 0 Å². The van der Waals surface area contributed by atoms with Gasteiger partial charge >= 0.3 is 0 Å². The smallest absolute Gasteiger partial charge is 0.228 e. The zero-order chi connectivity index (χ0) is 16.4. The number of aromatic nitrogens is 2. The largest absolute Gasteiger partial charge is 0.334 e. The molecule has 23 heavy (non-hydrogen) atoms. The van der Waals surface area contributed by atoms with Gasteiger partial charge in [-0.15, -0.1) is 0 Å². The van der Waals surface area contributed by atoms with Crippen LogP contribution in [0.15, 0.2) is 48.8 Å². The first kappa shape index (κ1) is 15.0. The van der Waals surface area contributed by atoms with Gasteiger partial charge < -0.3 is 9.88 Å². The van der Waals surface area contributed by atoms with Crippen molar-refractivity contribution >= 4 is 28.4 Å². The van der Waals surface area contributed by atoms with Crippen molar-refractivity contribution in [2.45, 2.75) is 13.3 Å². The van der Waals surface area contributed by atoms with Gasteiger partial charge in [0.2, 0.25) is 5.91 Å². The molecular weight excluding hydrogens is 290 g/mol. The molecule has 5 nitrogen and oxygen atoms in total. The highest BCUT2D eigenvalue weighted by molar-refractivity contribution is 5.96. The molecule has 1 heterocycles. The molecule has 0 aliphatic carbocycles. The predicted molar refractivity (Wildman–Crippen MR) is 89.5 cm³/mol. The number of carbonyl (C=O) groups excluding carboxylic acids is 2. The second-order valence-corrected chi connectivity index (χ2v) is 5.54. The van der Waals surface area contributed by atoms with Crippen LogP contribution in [0.4, 0.5) is 5.69 Å². The van der Waals surface area contributed by atoms with Crippen LogP contribution >= 0.6 is 0 Å². The van der Waals surface area contributed by atoms with Crippen LogP contribution in [0, 0.1) is 0 Å². The Hall–Kier alpha value is -2.95. The molecule has 0 fully saturated rings. The number of nitrogens with zero attached hydrogens (tertiary/aromatic N) is 2. The Morgan fingerprint density at radius 2 is 1.87 bits per heavy atom. The average molecular weight is 307 g/mol. The van der Waals surface area contributed by atoms with E-state index in [2.05, 4.69) is 10.3 Å². The molecule has 5 heteroatoms. The van der Waals surface area contributed by atoms with Crippen molar-refractivity contribution in [2.24, 2.45) is 7.05 Å². The number of hydrogen-bond acceptors (Lipinski definition) is 3. The van der Waals surface area contributed by atoms with Gasteiger partial charge in [-0.3, -0.25) is 9.59 Å². The van der Waals surface area contributed by atoms with E-state index < -0.39 is 0 Å². The quantitative estimate of drug-likeness (QED) is 0.754. The molecule has 0 unspecified atom stereocenters. The lowest BCUT2D eigenvalue weighted by Crippen LogP contribution is -2.14. The maximum Gasteiger partial charge on any atom is 0.228 e. The van der Waals surface area contributed by atoms with Crippen LogP contribution in [0.3, 0.4) is 0 Å². The van der Waals surface area contributed by atoms with Gasteiger partial charge in [0.1, 0.15) is 0 Å². The summed E-state index contributed by atoms with van der Waals surface area (Å²) in [5.41, 5.74) is 4.13. The average Bonchev–Trinajstić information content (AvgIpc) is 2.88. The summed E-state index contributed by atoms with van der Waals surface area (Å²) in [5.74, 6) is -0.0950. The molecule has 3 aromatic rings. The summed E-state index contributed by atoms with van der Waals surface area (Å²) in [4.78, 5) is 27.7. The summed E-state index contributed by atoms with van der Waals surface area (Å²) in [6, 6.07) is 12.7. The molecule has 2 aromatic carbocycles. The van der Waals surface area contributed by atoms with Crippen LogP contribution < -0.4 is 5.32 Å². The van der Waals surface area contributed by atoms with E-state index in [-0.39, 0.29) is 18.1 Å². The molecule has 1 N–H and O–H groups in total. The number of anilines is 1. The van der Waals surface area contributed by atoms with E-state index in [9.17, 15) is 9.59 Å². The summed E-state index contributed by atoms with van der Waals surface area (Å²) in [7, 11) is 1.94. The maximum atomic E-state index is 12.1. The van der Waals surface area contributed by atoms with Gasteiger partial charge in [-0.25, -0.2) is 4.98 Å². The highest BCUT2D eigenvalue weighted by atomic mass is 16.1. The Balaban J connectivity index is 1.69. The van der Waals surface area contributed by atoms with Crippen molar-refractivity contribution in [2.75, 3.05) is 5.32 Å². The highest BCUT2D eigenvalue weighted by Gasteiger charge is 2.07. The van der Waals surface area contributed by atoms with E-state index in [0.29, 0.717) is 11.3 Å². The van der Waals surface area contributed by atoms with Crippen molar-refractivity contribution in [1.29, 1.82) is 0 Å². The molecule has 0 saturated carbocycles. The number of benzene rings is 2. The number of ketones is 1. The van der Waals surface area contributed by atoms with Gasteiger partial charge in [0.05, 0.1) is 23.8 Å². The third-order valence-corrected chi connectivity index (χ3v) is 3.73. The summed E-state index contributed by atoms with van der Waals surface area (Å²) in [5, 5.41) is 2.83. The van der Waals surface area contributed by atoms with Gasteiger partial charge in [0, 0.05) is 18.3 Å². The number of imidazole rings is 1. The summed E-state index contributed by atoms with van der Waals surface area (Å²) < 4.78 is 1.94. The van der Waals surface area contributed by atoms with Crippen LogP contribution in [-0.4, -0.2) is 21.2 Å². The van der Waals surface area contributed by atoms with Gasteiger partial charge in [0.15, 0.2) is 5.78 Å². The second kappa shape index (κ2) is 6.04. The Bertz CT molecular complexity index is 879. The van der Waals surface area contributed by atoms with E-state index in [4.69, 9.17) is 0 Å². The fraction of sp³-hybridized carbons (Fsp3) is 0.167. The van der Waals surface area contributed by atoms with Crippen LogP contribution in [0.25, 0.3) is 11.0 Å². The molecule has 0 aliphatic rings. The Morgan fingerprint density at radius 3 is 2.57 bits per heavy atom. The zero-order valence-electron chi connectivity index (χ0n) is 13.0. The van der Waals surface area contributed by atoms with Crippen molar-refractivity contribution in [1.82, 2.24) is 9.55 Å². The lowest BCUT2D eigenvalue weighted by atomic mass is 10.1. The third kappa shape index (κ3) is 3.29. The minimum Gasteiger partial charge on any atom is -0.334 e. The summed E-state index contributed by atoms with van der Waals surface area (Å²) in [6.07, 6.45) is 2.03. The molecule has 0 saturated heterocycles. The molecule has 0 atom stereocenters. The molecule has 116 valence electrons. The maximum absolute atomic E-state index is 12.1. The number of rotatable bonds is 4. The van der Waals surface area contributed by atoms with E-state index in [0.717, 1.165) is 16.6 Å². The molecule has 3 rings (SSSR count). The van der Waals surface area contributed by atoms with E-state index in [1.54, 1.807) is 30.6 Å². The Kier molecular flexibility index (Phi) is 3.93. The Labute approximate surface area is 134 Å². The standard InChI is InChI=1S/C18H17N3O2/c1-12(22)14-4-6-15(7-5-14)20-18(23)10-13-3-8-17-16(9-13)19-11-21(17)2/h3-9,11H,10H2,1-2H3,(H,20,23). The van der Waals surface area contributed by atoms with Crippen molar-refractivity contribution < 1.29 is 9.59 Å². The molecule has 1 amide bonds. The van der Waals surface area contributed by atoms with Crippen molar-refractivity contribution in [3.05, 3.63) is 59.9 Å². The Morgan fingerprint density at radius 1 is 1.13 bits per heavy atom. The van der Waals surface area contributed by atoms with E-state index in [1.165, 1.54) is 6.92 Å². The normalized spacial score (nSPS) is 10.7. The zero-order valence-corrected chi connectivity index (χ0v) is 13.0. The number of fused-ring (bicyclic) bond motifs is 1. The lowest BCUT2D eigenvalue weighted by Gasteiger charge is -2.06. The van der Waals surface area contributed by atoms with Crippen LogP contribution in [0.5, 0.6) is 0 Å².